The molecule has 62 valence electrons. The number of hydrogen-bond donors (Lipinski definition) is 1. The summed E-state index contributed by atoms with van der Waals surface area (Å²) in [5.41, 5.74) is 5.06. The molecule has 2 N–H and O–H groups in total. The first kappa shape index (κ1) is 12.7. The smallest absolute Gasteiger partial charge is 0.220 e. The number of hydrogen-bond acceptors (Lipinski definition) is 1. The van der Waals surface area contributed by atoms with Crippen molar-refractivity contribution in [1.82, 2.24) is 0 Å². The van der Waals surface area contributed by atoms with Crippen LogP contribution in [0.1, 0.15) is 25.7 Å². The second-order valence-electron chi connectivity index (χ2n) is 2.38. The predicted molar refractivity (Wildman–Crippen MR) is 45.6 cm³/mol. The van der Waals surface area contributed by atoms with E-state index in [9.17, 15) is 4.79 Å². The molecule has 0 spiro atoms. The zero-order chi connectivity index (χ0) is 5.98. The van der Waals surface area contributed by atoms with E-state index in [1.165, 1.54) is 12.8 Å². The quantitative estimate of drug-likeness (QED) is 0.662. The van der Waals surface area contributed by atoms with Gasteiger partial charge in [0.1, 0.15) is 0 Å². The zero-order valence-electron chi connectivity index (χ0n) is 5.71. The molecule has 0 bridgehead atoms. The fraction of sp³-hybridized carbons (Fsp3) is 0.833. The van der Waals surface area contributed by atoms with E-state index in [1.807, 2.05) is 0 Å². The molecule has 0 aliphatic heterocycles. The first-order valence-electron chi connectivity index (χ1n) is 3.10. The lowest BCUT2D eigenvalue weighted by Gasteiger charge is -1.98. The Hall–Kier alpha value is 0.0500. The van der Waals surface area contributed by atoms with Crippen LogP contribution in [0.25, 0.3) is 0 Å². The Bertz CT molecular complexity index is 102. The van der Waals surface area contributed by atoms with E-state index in [-0.39, 0.29) is 36.6 Å². The Morgan fingerprint density at radius 1 is 1.20 bits per heavy atom. The lowest BCUT2D eigenvalue weighted by Crippen LogP contribution is -2.19. The highest BCUT2D eigenvalue weighted by molar-refractivity contribution is 5.85. The van der Waals surface area contributed by atoms with Crippen molar-refractivity contribution in [3.63, 3.8) is 0 Å². The molecule has 1 amide bonds. The van der Waals surface area contributed by atoms with Crippen molar-refractivity contribution in [2.75, 3.05) is 0 Å². The Kier molecular flexibility index (Phi) is 7.38. The minimum atomic E-state index is -0.109. The molecular weight excluding hydrogens is 173 g/mol. The first-order chi connectivity index (χ1) is 3.80. The van der Waals surface area contributed by atoms with Gasteiger partial charge in [0.15, 0.2) is 0 Å². The summed E-state index contributed by atoms with van der Waals surface area (Å²) in [6, 6.07) is 0. The fourth-order valence-corrected chi connectivity index (χ4v) is 1.21. The van der Waals surface area contributed by atoms with E-state index in [1.54, 1.807) is 0 Å². The van der Waals surface area contributed by atoms with E-state index < -0.39 is 0 Å². The van der Waals surface area contributed by atoms with Crippen LogP contribution in [-0.4, -0.2) is 5.91 Å². The molecule has 1 saturated carbocycles. The van der Waals surface area contributed by atoms with Gasteiger partial charge in [-0.05, 0) is 12.8 Å². The van der Waals surface area contributed by atoms with Gasteiger partial charge in [0.2, 0.25) is 5.91 Å². The molecule has 2 nitrogen and oxygen atoms in total. The van der Waals surface area contributed by atoms with Gasteiger partial charge < -0.3 is 5.73 Å². The van der Waals surface area contributed by atoms with Gasteiger partial charge in [0.25, 0.3) is 0 Å². The SMILES string of the molecule is Cl.Cl.NC(=O)C1CCCC1. The molecule has 0 heterocycles. The third-order valence-corrected chi connectivity index (χ3v) is 1.76. The summed E-state index contributed by atoms with van der Waals surface area (Å²) < 4.78 is 0. The minimum absolute atomic E-state index is 0. The Balaban J connectivity index is 0. The molecule has 0 aromatic carbocycles. The van der Waals surface area contributed by atoms with Crippen LogP contribution in [0.4, 0.5) is 0 Å². The summed E-state index contributed by atoms with van der Waals surface area (Å²) in [5, 5.41) is 0. The number of nitrogens with two attached hydrogens (primary N) is 1. The van der Waals surface area contributed by atoms with Crippen molar-refractivity contribution in [1.29, 1.82) is 0 Å². The van der Waals surface area contributed by atoms with Crippen LogP contribution in [-0.2, 0) is 4.79 Å². The van der Waals surface area contributed by atoms with E-state index >= 15 is 0 Å². The molecule has 10 heavy (non-hydrogen) atoms. The van der Waals surface area contributed by atoms with Gasteiger partial charge >= 0.3 is 0 Å². The second-order valence-corrected chi connectivity index (χ2v) is 2.38. The first-order valence-corrected chi connectivity index (χ1v) is 3.10. The second kappa shape index (κ2) is 5.81. The number of primary amides is 1. The number of rotatable bonds is 1. The molecule has 0 radical (unpaired) electrons. The predicted octanol–water partition coefficient (Wildman–Crippen LogP) is 1.51. The monoisotopic (exact) mass is 185 g/mol. The fourth-order valence-electron chi connectivity index (χ4n) is 1.21. The lowest BCUT2D eigenvalue weighted by atomic mass is 10.1. The van der Waals surface area contributed by atoms with Crippen LogP contribution in [0.15, 0.2) is 0 Å². The number of halogens is 2. The standard InChI is InChI=1S/C6H11NO.2ClH/c7-6(8)5-3-1-2-4-5;;/h5H,1-4H2,(H2,7,8);2*1H. The molecular formula is C6H13Cl2NO. The Morgan fingerprint density at radius 2 is 1.60 bits per heavy atom. The van der Waals surface area contributed by atoms with Crippen LogP contribution >= 0.6 is 24.8 Å². The molecule has 0 aromatic heterocycles. The maximum atomic E-state index is 10.4. The van der Waals surface area contributed by atoms with Gasteiger partial charge in [0.05, 0.1) is 0 Å². The van der Waals surface area contributed by atoms with Crippen molar-refractivity contribution in [2.45, 2.75) is 25.7 Å². The largest absolute Gasteiger partial charge is 0.369 e. The van der Waals surface area contributed by atoms with E-state index in [0.717, 1.165) is 12.8 Å². The van der Waals surface area contributed by atoms with Crippen LogP contribution in [0.5, 0.6) is 0 Å². The van der Waals surface area contributed by atoms with Crippen molar-refractivity contribution >= 4 is 30.7 Å². The Morgan fingerprint density at radius 3 is 1.80 bits per heavy atom. The number of carbonyl (C=O) groups is 1. The van der Waals surface area contributed by atoms with Gasteiger partial charge in [-0.15, -0.1) is 24.8 Å². The van der Waals surface area contributed by atoms with Crippen LogP contribution in [0.2, 0.25) is 0 Å². The van der Waals surface area contributed by atoms with Crippen molar-refractivity contribution < 1.29 is 4.79 Å². The maximum Gasteiger partial charge on any atom is 0.220 e. The van der Waals surface area contributed by atoms with Crippen molar-refractivity contribution in [2.24, 2.45) is 11.7 Å². The summed E-state index contributed by atoms with van der Waals surface area (Å²) in [6.45, 7) is 0. The minimum Gasteiger partial charge on any atom is -0.369 e. The molecule has 0 saturated heterocycles. The number of amides is 1. The average molecular weight is 186 g/mol. The van der Waals surface area contributed by atoms with Gasteiger partial charge in [-0.25, -0.2) is 0 Å². The summed E-state index contributed by atoms with van der Waals surface area (Å²) in [7, 11) is 0. The Labute approximate surface area is 73.4 Å². The average Bonchev–Trinajstić information content (AvgIpc) is 2.12. The van der Waals surface area contributed by atoms with Gasteiger partial charge in [-0.3, -0.25) is 4.79 Å². The highest BCUT2D eigenvalue weighted by Gasteiger charge is 2.19. The van der Waals surface area contributed by atoms with Crippen molar-refractivity contribution in [3.05, 3.63) is 0 Å². The molecule has 0 unspecified atom stereocenters. The molecule has 4 heteroatoms. The van der Waals surface area contributed by atoms with E-state index in [4.69, 9.17) is 5.73 Å². The summed E-state index contributed by atoms with van der Waals surface area (Å²) in [5.74, 6) is 0.0949. The van der Waals surface area contributed by atoms with Crippen LogP contribution in [0.3, 0.4) is 0 Å². The highest BCUT2D eigenvalue weighted by atomic mass is 35.5. The molecule has 1 rings (SSSR count). The zero-order valence-corrected chi connectivity index (χ0v) is 7.34. The molecule has 1 aliphatic rings. The molecule has 0 atom stereocenters. The van der Waals surface area contributed by atoms with Crippen LogP contribution < -0.4 is 5.73 Å². The van der Waals surface area contributed by atoms with Gasteiger partial charge in [0, 0.05) is 5.92 Å². The normalized spacial score (nSPS) is 17.2. The van der Waals surface area contributed by atoms with E-state index in [2.05, 4.69) is 0 Å². The number of carbonyl (C=O) groups excluding carboxylic acids is 1. The highest BCUT2D eigenvalue weighted by Crippen LogP contribution is 2.23. The summed E-state index contributed by atoms with van der Waals surface area (Å²) >= 11 is 0. The third-order valence-electron chi connectivity index (χ3n) is 1.76. The van der Waals surface area contributed by atoms with Gasteiger partial charge in [-0.2, -0.15) is 0 Å². The van der Waals surface area contributed by atoms with Gasteiger partial charge in [-0.1, -0.05) is 12.8 Å². The lowest BCUT2D eigenvalue weighted by molar-refractivity contribution is -0.121. The van der Waals surface area contributed by atoms with Crippen molar-refractivity contribution in [3.8, 4) is 0 Å². The van der Waals surface area contributed by atoms with E-state index in [0.29, 0.717) is 0 Å². The summed E-state index contributed by atoms with van der Waals surface area (Å²) in [6.07, 6.45) is 4.42. The maximum absolute atomic E-state index is 10.4. The third kappa shape index (κ3) is 3.28. The molecule has 1 aliphatic carbocycles. The molecule has 1 fully saturated rings. The topological polar surface area (TPSA) is 43.1 Å². The molecule has 0 aromatic rings. The summed E-state index contributed by atoms with van der Waals surface area (Å²) in [4.78, 5) is 10.4. The van der Waals surface area contributed by atoms with Crippen LogP contribution in [0, 0.1) is 5.92 Å².